The van der Waals surface area contributed by atoms with Crippen LogP contribution in [0.4, 0.5) is 11.4 Å². The molecule has 0 amide bonds. The number of nitro benzene ring substituents is 1. The molecule has 0 radical (unpaired) electrons. The summed E-state index contributed by atoms with van der Waals surface area (Å²) in [6, 6.07) is 14.8. The van der Waals surface area contributed by atoms with Crippen molar-refractivity contribution in [1.82, 2.24) is 0 Å². The Balaban J connectivity index is 1.97. The van der Waals surface area contributed by atoms with E-state index in [9.17, 15) is 10.1 Å². The molecule has 3 N–H and O–H groups in total. The van der Waals surface area contributed by atoms with Crippen LogP contribution in [-0.4, -0.2) is 11.5 Å². The second-order valence-electron chi connectivity index (χ2n) is 5.01. The van der Waals surface area contributed by atoms with Gasteiger partial charge in [-0.1, -0.05) is 36.4 Å². The van der Waals surface area contributed by atoms with Gasteiger partial charge in [0, 0.05) is 18.7 Å². The maximum absolute atomic E-state index is 11.0. The molecule has 0 saturated heterocycles. The molecule has 2 aromatic carbocycles. The van der Waals surface area contributed by atoms with Gasteiger partial charge in [0.15, 0.2) is 0 Å². The summed E-state index contributed by atoms with van der Waals surface area (Å²) in [7, 11) is 0. The third kappa shape index (κ3) is 4.03. The van der Waals surface area contributed by atoms with Crippen molar-refractivity contribution in [2.75, 3.05) is 11.9 Å². The van der Waals surface area contributed by atoms with Gasteiger partial charge in [0.05, 0.1) is 4.92 Å². The summed E-state index contributed by atoms with van der Waals surface area (Å²) in [5.74, 6) is 0. The van der Waals surface area contributed by atoms with E-state index in [-0.39, 0.29) is 16.7 Å². The Kier molecular flexibility index (Phi) is 4.90. The summed E-state index contributed by atoms with van der Waals surface area (Å²) in [6.45, 7) is 2.49. The molecule has 5 nitrogen and oxygen atoms in total. The zero-order valence-corrected chi connectivity index (χ0v) is 12.0. The second kappa shape index (κ2) is 6.85. The number of aryl methyl sites for hydroxylation is 1. The van der Waals surface area contributed by atoms with Gasteiger partial charge in [0.1, 0.15) is 5.69 Å². The lowest BCUT2D eigenvalue weighted by Gasteiger charge is -2.13. The Bertz CT molecular complexity index is 614. The molecule has 21 heavy (non-hydrogen) atoms. The van der Waals surface area contributed by atoms with Crippen molar-refractivity contribution in [3.8, 4) is 0 Å². The summed E-state index contributed by atoms with van der Waals surface area (Å²) in [5, 5.41) is 14.1. The Morgan fingerprint density at radius 3 is 2.62 bits per heavy atom. The SMILES string of the molecule is Cc1ccc([N+](=O)[O-])c(NCCC(N)c2ccccc2)c1. The van der Waals surface area contributed by atoms with Crippen molar-refractivity contribution in [1.29, 1.82) is 0 Å². The number of nitro groups is 1. The van der Waals surface area contributed by atoms with Crippen LogP contribution < -0.4 is 11.1 Å². The lowest BCUT2D eigenvalue weighted by molar-refractivity contribution is -0.384. The number of rotatable bonds is 6. The Morgan fingerprint density at radius 2 is 1.95 bits per heavy atom. The number of hydrogen-bond donors (Lipinski definition) is 2. The summed E-state index contributed by atoms with van der Waals surface area (Å²) >= 11 is 0. The van der Waals surface area contributed by atoms with Gasteiger partial charge in [-0.25, -0.2) is 0 Å². The highest BCUT2D eigenvalue weighted by Crippen LogP contribution is 2.25. The van der Waals surface area contributed by atoms with Gasteiger partial charge >= 0.3 is 0 Å². The van der Waals surface area contributed by atoms with E-state index in [0.717, 1.165) is 11.1 Å². The second-order valence-corrected chi connectivity index (χ2v) is 5.01. The van der Waals surface area contributed by atoms with E-state index >= 15 is 0 Å². The van der Waals surface area contributed by atoms with Gasteiger partial charge in [-0.15, -0.1) is 0 Å². The lowest BCUT2D eigenvalue weighted by Crippen LogP contribution is -2.15. The average molecular weight is 285 g/mol. The first kappa shape index (κ1) is 15.0. The molecule has 0 spiro atoms. The van der Waals surface area contributed by atoms with E-state index in [1.807, 2.05) is 37.3 Å². The Labute approximate surface area is 123 Å². The fourth-order valence-electron chi connectivity index (χ4n) is 2.18. The average Bonchev–Trinajstić information content (AvgIpc) is 2.48. The predicted molar refractivity (Wildman–Crippen MR) is 84.3 cm³/mol. The molecule has 0 bridgehead atoms. The number of nitrogens with one attached hydrogen (secondary N) is 1. The predicted octanol–water partition coefficient (Wildman–Crippen LogP) is 3.41. The molecule has 2 rings (SSSR count). The Morgan fingerprint density at radius 1 is 1.24 bits per heavy atom. The van der Waals surface area contributed by atoms with Crippen LogP contribution in [0.1, 0.15) is 23.6 Å². The smallest absolute Gasteiger partial charge is 0.292 e. The molecule has 0 fully saturated rings. The van der Waals surface area contributed by atoms with E-state index in [4.69, 9.17) is 5.73 Å². The largest absolute Gasteiger partial charge is 0.379 e. The summed E-state index contributed by atoms with van der Waals surface area (Å²) in [4.78, 5) is 10.6. The summed E-state index contributed by atoms with van der Waals surface area (Å²) < 4.78 is 0. The van der Waals surface area contributed by atoms with E-state index in [0.29, 0.717) is 18.7 Å². The van der Waals surface area contributed by atoms with Crippen LogP contribution in [0.15, 0.2) is 48.5 Å². The van der Waals surface area contributed by atoms with Gasteiger partial charge in [-0.2, -0.15) is 0 Å². The van der Waals surface area contributed by atoms with Crippen LogP contribution in [-0.2, 0) is 0 Å². The molecular weight excluding hydrogens is 266 g/mol. The highest BCUT2D eigenvalue weighted by molar-refractivity contribution is 5.62. The van der Waals surface area contributed by atoms with Crippen molar-refractivity contribution in [2.45, 2.75) is 19.4 Å². The summed E-state index contributed by atoms with van der Waals surface area (Å²) in [6.07, 6.45) is 0.703. The van der Waals surface area contributed by atoms with Crippen molar-refractivity contribution in [3.05, 3.63) is 69.8 Å². The van der Waals surface area contributed by atoms with Gasteiger partial charge < -0.3 is 11.1 Å². The zero-order chi connectivity index (χ0) is 15.2. The quantitative estimate of drug-likeness (QED) is 0.629. The Hall–Kier alpha value is -2.40. The van der Waals surface area contributed by atoms with Crippen LogP contribution in [0.2, 0.25) is 0 Å². The molecular formula is C16H19N3O2. The monoisotopic (exact) mass is 285 g/mol. The number of benzene rings is 2. The summed E-state index contributed by atoms with van der Waals surface area (Å²) in [5.41, 5.74) is 8.80. The third-order valence-electron chi connectivity index (χ3n) is 3.35. The molecule has 1 unspecified atom stereocenters. The molecule has 0 aromatic heterocycles. The van der Waals surface area contributed by atoms with Crippen LogP contribution in [0, 0.1) is 17.0 Å². The minimum atomic E-state index is -0.376. The van der Waals surface area contributed by atoms with E-state index < -0.39 is 0 Å². The fraction of sp³-hybridized carbons (Fsp3) is 0.250. The van der Waals surface area contributed by atoms with Crippen molar-refractivity contribution < 1.29 is 4.92 Å². The standard InChI is InChI=1S/C16H19N3O2/c1-12-7-8-16(19(20)21)15(11-12)18-10-9-14(17)13-5-3-2-4-6-13/h2-8,11,14,18H,9-10,17H2,1H3. The topological polar surface area (TPSA) is 81.2 Å². The maximum atomic E-state index is 11.0. The van der Waals surface area contributed by atoms with Crippen molar-refractivity contribution in [2.24, 2.45) is 5.73 Å². The molecule has 5 heteroatoms. The minimum absolute atomic E-state index is 0.0810. The van der Waals surface area contributed by atoms with Crippen LogP contribution in [0.3, 0.4) is 0 Å². The molecule has 2 aromatic rings. The highest BCUT2D eigenvalue weighted by atomic mass is 16.6. The zero-order valence-electron chi connectivity index (χ0n) is 12.0. The molecule has 1 atom stereocenters. The molecule has 0 aliphatic heterocycles. The molecule has 0 heterocycles. The number of anilines is 1. The number of nitrogens with two attached hydrogens (primary N) is 1. The first-order valence-corrected chi connectivity index (χ1v) is 6.87. The van der Waals surface area contributed by atoms with E-state index in [1.165, 1.54) is 6.07 Å². The van der Waals surface area contributed by atoms with Crippen LogP contribution in [0.25, 0.3) is 0 Å². The highest BCUT2D eigenvalue weighted by Gasteiger charge is 2.13. The minimum Gasteiger partial charge on any atom is -0.379 e. The van der Waals surface area contributed by atoms with Gasteiger partial charge in [-0.05, 0) is 30.5 Å². The van der Waals surface area contributed by atoms with E-state index in [2.05, 4.69) is 5.32 Å². The first-order chi connectivity index (χ1) is 10.1. The molecule has 0 aliphatic rings. The molecule has 0 saturated carbocycles. The van der Waals surface area contributed by atoms with Crippen molar-refractivity contribution >= 4 is 11.4 Å². The normalized spacial score (nSPS) is 11.9. The van der Waals surface area contributed by atoms with Gasteiger partial charge in [0.2, 0.25) is 0 Å². The van der Waals surface area contributed by atoms with Gasteiger partial charge in [0.25, 0.3) is 5.69 Å². The van der Waals surface area contributed by atoms with Crippen molar-refractivity contribution in [3.63, 3.8) is 0 Å². The molecule has 110 valence electrons. The van der Waals surface area contributed by atoms with E-state index in [1.54, 1.807) is 12.1 Å². The maximum Gasteiger partial charge on any atom is 0.292 e. The van der Waals surface area contributed by atoms with Crippen LogP contribution >= 0.6 is 0 Å². The lowest BCUT2D eigenvalue weighted by atomic mass is 10.0. The number of nitrogens with zero attached hydrogens (tertiary/aromatic N) is 1. The third-order valence-corrected chi connectivity index (χ3v) is 3.35. The first-order valence-electron chi connectivity index (χ1n) is 6.87. The fourth-order valence-corrected chi connectivity index (χ4v) is 2.18. The molecule has 0 aliphatic carbocycles. The number of hydrogen-bond acceptors (Lipinski definition) is 4. The van der Waals surface area contributed by atoms with Gasteiger partial charge in [-0.3, -0.25) is 10.1 Å². The van der Waals surface area contributed by atoms with Crippen LogP contribution in [0.5, 0.6) is 0 Å².